The van der Waals surface area contributed by atoms with Crippen molar-refractivity contribution in [3.8, 4) is 0 Å². The molecule has 0 saturated heterocycles. The zero-order valence-electron chi connectivity index (χ0n) is 8.83. The smallest absolute Gasteiger partial charge is 0.0918 e. The van der Waals surface area contributed by atoms with Crippen LogP contribution in [0.25, 0.3) is 0 Å². The van der Waals surface area contributed by atoms with Gasteiger partial charge >= 0.3 is 0 Å². The highest BCUT2D eigenvalue weighted by Crippen LogP contribution is 2.12. The van der Waals surface area contributed by atoms with Crippen LogP contribution in [-0.2, 0) is 6.54 Å². The van der Waals surface area contributed by atoms with Crippen LogP contribution in [0.3, 0.4) is 0 Å². The zero-order chi connectivity index (χ0) is 11.3. The molecule has 0 unspecified atom stereocenters. The average Bonchev–Trinajstić information content (AvgIpc) is 2.15. The van der Waals surface area contributed by atoms with Crippen molar-refractivity contribution in [3.05, 3.63) is 34.9 Å². The van der Waals surface area contributed by atoms with Crippen LogP contribution >= 0.6 is 11.6 Å². The van der Waals surface area contributed by atoms with Gasteiger partial charge < -0.3 is 10.6 Å². The number of amidine groups is 1. The lowest BCUT2D eigenvalue weighted by Gasteiger charge is -2.16. The molecule has 0 atom stereocenters. The number of nitrogens with one attached hydrogen (secondary N) is 1. The summed E-state index contributed by atoms with van der Waals surface area (Å²) in [5.74, 6) is 0.230. The van der Waals surface area contributed by atoms with Crippen LogP contribution in [-0.4, -0.2) is 24.3 Å². The van der Waals surface area contributed by atoms with Crippen LogP contribution in [0.1, 0.15) is 12.0 Å². The van der Waals surface area contributed by atoms with Gasteiger partial charge in [0.15, 0.2) is 0 Å². The van der Waals surface area contributed by atoms with E-state index >= 15 is 0 Å². The molecule has 3 nitrogen and oxygen atoms in total. The van der Waals surface area contributed by atoms with Crippen molar-refractivity contribution in [1.29, 1.82) is 5.41 Å². The summed E-state index contributed by atoms with van der Waals surface area (Å²) in [5.41, 5.74) is 6.47. The minimum atomic E-state index is 0.230. The topological polar surface area (TPSA) is 53.1 Å². The minimum Gasteiger partial charge on any atom is -0.388 e. The van der Waals surface area contributed by atoms with E-state index in [9.17, 15) is 0 Å². The molecule has 0 aliphatic rings. The fourth-order valence-electron chi connectivity index (χ4n) is 1.34. The summed E-state index contributed by atoms with van der Waals surface area (Å²) < 4.78 is 0. The molecular formula is C11H16ClN3. The molecular weight excluding hydrogens is 210 g/mol. The van der Waals surface area contributed by atoms with Gasteiger partial charge in [0.2, 0.25) is 0 Å². The molecule has 0 aliphatic carbocycles. The van der Waals surface area contributed by atoms with Crippen molar-refractivity contribution in [3.63, 3.8) is 0 Å². The first kappa shape index (κ1) is 12.0. The number of benzene rings is 1. The van der Waals surface area contributed by atoms with E-state index in [0.29, 0.717) is 6.42 Å². The molecule has 1 aromatic carbocycles. The molecule has 0 fully saturated rings. The van der Waals surface area contributed by atoms with Crippen LogP contribution in [0.5, 0.6) is 0 Å². The van der Waals surface area contributed by atoms with E-state index < -0.39 is 0 Å². The number of halogens is 1. The van der Waals surface area contributed by atoms with E-state index in [1.165, 1.54) is 5.56 Å². The average molecular weight is 226 g/mol. The molecule has 1 rings (SSSR count). The lowest BCUT2D eigenvalue weighted by Crippen LogP contribution is -2.23. The second-order valence-corrected chi connectivity index (χ2v) is 4.08. The predicted octanol–water partition coefficient (Wildman–Crippen LogP) is 2.10. The fourth-order valence-corrected chi connectivity index (χ4v) is 1.55. The van der Waals surface area contributed by atoms with Crippen LogP contribution in [0.15, 0.2) is 24.3 Å². The van der Waals surface area contributed by atoms with E-state index in [1.807, 2.05) is 31.3 Å². The first-order valence-corrected chi connectivity index (χ1v) is 5.21. The van der Waals surface area contributed by atoms with Crippen molar-refractivity contribution in [2.45, 2.75) is 13.0 Å². The molecule has 1 aromatic rings. The molecule has 0 aromatic heterocycles. The van der Waals surface area contributed by atoms with Crippen molar-refractivity contribution < 1.29 is 0 Å². The van der Waals surface area contributed by atoms with E-state index in [0.717, 1.165) is 18.1 Å². The maximum absolute atomic E-state index is 7.13. The fraction of sp³-hybridized carbons (Fsp3) is 0.364. The van der Waals surface area contributed by atoms with Gasteiger partial charge in [0.05, 0.1) is 5.84 Å². The number of hydrogen-bond donors (Lipinski definition) is 2. The summed E-state index contributed by atoms with van der Waals surface area (Å²) in [7, 11) is 2.00. The Labute approximate surface area is 95.3 Å². The lowest BCUT2D eigenvalue weighted by molar-refractivity contribution is 0.336. The summed E-state index contributed by atoms with van der Waals surface area (Å²) in [4.78, 5) is 2.12. The normalized spacial score (nSPS) is 10.6. The van der Waals surface area contributed by atoms with Crippen molar-refractivity contribution in [2.24, 2.45) is 5.73 Å². The highest BCUT2D eigenvalue weighted by molar-refractivity contribution is 6.30. The largest absolute Gasteiger partial charge is 0.388 e. The first-order valence-electron chi connectivity index (χ1n) is 4.84. The summed E-state index contributed by atoms with van der Waals surface area (Å²) in [6.45, 7) is 1.62. The Balaban J connectivity index is 2.44. The van der Waals surface area contributed by atoms with Gasteiger partial charge in [0.25, 0.3) is 0 Å². The van der Waals surface area contributed by atoms with Crippen LogP contribution in [0.2, 0.25) is 5.02 Å². The number of rotatable bonds is 5. The minimum absolute atomic E-state index is 0.230. The third-order valence-electron chi connectivity index (χ3n) is 2.10. The molecule has 0 heterocycles. The number of nitrogens with two attached hydrogens (primary N) is 1. The number of nitrogens with zero attached hydrogens (tertiary/aromatic N) is 1. The standard InChI is InChI=1S/C11H16ClN3/c1-15(6-5-11(13)14)8-9-3-2-4-10(12)7-9/h2-4,7H,5-6,8H2,1H3,(H3,13,14). The molecule has 0 bridgehead atoms. The highest BCUT2D eigenvalue weighted by atomic mass is 35.5. The molecule has 0 amide bonds. The van der Waals surface area contributed by atoms with Crippen molar-refractivity contribution in [2.75, 3.05) is 13.6 Å². The molecule has 0 aliphatic heterocycles. The van der Waals surface area contributed by atoms with Gasteiger partial charge in [0, 0.05) is 24.5 Å². The third-order valence-corrected chi connectivity index (χ3v) is 2.34. The van der Waals surface area contributed by atoms with Crippen LogP contribution < -0.4 is 5.73 Å². The Morgan fingerprint density at radius 3 is 2.87 bits per heavy atom. The van der Waals surface area contributed by atoms with Gasteiger partial charge in [0.1, 0.15) is 0 Å². The molecule has 82 valence electrons. The molecule has 0 spiro atoms. The summed E-state index contributed by atoms with van der Waals surface area (Å²) in [5, 5.41) is 7.89. The molecule has 3 N–H and O–H groups in total. The monoisotopic (exact) mass is 225 g/mol. The molecule has 0 radical (unpaired) electrons. The SMILES string of the molecule is CN(CCC(=N)N)Cc1cccc(Cl)c1. The Bertz CT molecular complexity index is 338. The Morgan fingerprint density at radius 2 is 2.27 bits per heavy atom. The Hall–Kier alpha value is -1.06. The summed E-state index contributed by atoms with van der Waals surface area (Å²) in [6, 6.07) is 7.79. The maximum atomic E-state index is 7.13. The van der Waals surface area contributed by atoms with Gasteiger partial charge in [-0.05, 0) is 24.7 Å². The quantitative estimate of drug-likeness (QED) is 0.596. The third kappa shape index (κ3) is 4.81. The lowest BCUT2D eigenvalue weighted by atomic mass is 10.2. The second kappa shape index (κ2) is 5.73. The molecule has 4 heteroatoms. The molecule has 15 heavy (non-hydrogen) atoms. The van der Waals surface area contributed by atoms with Gasteiger partial charge in [-0.2, -0.15) is 0 Å². The van der Waals surface area contributed by atoms with Crippen molar-refractivity contribution >= 4 is 17.4 Å². The van der Waals surface area contributed by atoms with Crippen LogP contribution in [0.4, 0.5) is 0 Å². The predicted molar refractivity (Wildman–Crippen MR) is 64.3 cm³/mol. The van der Waals surface area contributed by atoms with Gasteiger partial charge in [-0.25, -0.2) is 0 Å². The van der Waals surface area contributed by atoms with Gasteiger partial charge in [-0.3, -0.25) is 5.41 Å². The Kier molecular flexibility index (Phi) is 4.59. The zero-order valence-corrected chi connectivity index (χ0v) is 9.59. The second-order valence-electron chi connectivity index (χ2n) is 3.64. The van der Waals surface area contributed by atoms with E-state index in [2.05, 4.69) is 4.90 Å². The van der Waals surface area contributed by atoms with E-state index in [1.54, 1.807) is 0 Å². The van der Waals surface area contributed by atoms with E-state index in [4.69, 9.17) is 22.7 Å². The maximum Gasteiger partial charge on any atom is 0.0918 e. The first-order chi connectivity index (χ1) is 7.08. The van der Waals surface area contributed by atoms with Crippen molar-refractivity contribution in [1.82, 2.24) is 4.90 Å². The highest BCUT2D eigenvalue weighted by Gasteiger charge is 2.01. The van der Waals surface area contributed by atoms with Crippen LogP contribution in [0, 0.1) is 5.41 Å². The van der Waals surface area contributed by atoms with E-state index in [-0.39, 0.29) is 5.84 Å². The summed E-state index contributed by atoms with van der Waals surface area (Å²) in [6.07, 6.45) is 0.608. The van der Waals surface area contributed by atoms with Gasteiger partial charge in [-0.15, -0.1) is 0 Å². The molecule has 0 saturated carbocycles. The van der Waals surface area contributed by atoms with Gasteiger partial charge in [-0.1, -0.05) is 23.7 Å². The Morgan fingerprint density at radius 1 is 1.53 bits per heavy atom. The number of hydrogen-bond acceptors (Lipinski definition) is 2. The summed E-state index contributed by atoms with van der Waals surface area (Å²) >= 11 is 5.88.